The molecule has 0 aromatic carbocycles. The molecule has 0 aliphatic carbocycles. The first-order chi connectivity index (χ1) is 8.99. The number of nitrogens with one attached hydrogen (secondary N) is 1. The van der Waals surface area contributed by atoms with Gasteiger partial charge in [0.25, 0.3) is 0 Å². The van der Waals surface area contributed by atoms with Crippen molar-refractivity contribution in [2.24, 2.45) is 5.73 Å². The number of rotatable bonds is 4. The number of anilines is 1. The van der Waals surface area contributed by atoms with Gasteiger partial charge in [0.05, 0.1) is 12.1 Å². The SMILES string of the molecule is Cc1cc(C)c(C(N)=S)c(NCc2sccc2Br)n1. The second-order valence-electron chi connectivity index (χ2n) is 4.21. The summed E-state index contributed by atoms with van der Waals surface area (Å²) in [5, 5.41) is 5.37. The zero-order chi connectivity index (χ0) is 14.0. The summed E-state index contributed by atoms with van der Waals surface area (Å²) in [5.41, 5.74) is 8.61. The highest BCUT2D eigenvalue weighted by Gasteiger charge is 2.12. The molecule has 0 fully saturated rings. The lowest BCUT2D eigenvalue weighted by Gasteiger charge is -2.13. The molecule has 3 nitrogen and oxygen atoms in total. The van der Waals surface area contributed by atoms with E-state index in [1.807, 2.05) is 31.4 Å². The van der Waals surface area contributed by atoms with Crippen LogP contribution in [0, 0.1) is 13.8 Å². The van der Waals surface area contributed by atoms with E-state index in [0.29, 0.717) is 11.5 Å². The third-order valence-corrected chi connectivity index (χ3v) is 4.83. The number of halogens is 1. The first-order valence-corrected chi connectivity index (χ1v) is 7.81. The molecule has 0 spiro atoms. The molecule has 0 bridgehead atoms. The molecule has 0 amide bonds. The standard InChI is InChI=1S/C13H14BrN3S2/c1-7-5-8(2)17-13(11(7)12(15)18)16-6-10-9(14)3-4-19-10/h3-5H,6H2,1-2H3,(H2,15,18)(H,16,17). The summed E-state index contributed by atoms with van der Waals surface area (Å²) in [7, 11) is 0. The quantitative estimate of drug-likeness (QED) is 0.819. The zero-order valence-corrected chi connectivity index (χ0v) is 13.9. The number of thiocarbonyl (C=S) groups is 1. The van der Waals surface area contributed by atoms with Gasteiger partial charge in [0.15, 0.2) is 0 Å². The van der Waals surface area contributed by atoms with Gasteiger partial charge < -0.3 is 11.1 Å². The van der Waals surface area contributed by atoms with Gasteiger partial charge in [-0.05, 0) is 52.9 Å². The predicted molar refractivity (Wildman–Crippen MR) is 88.9 cm³/mol. The molecule has 19 heavy (non-hydrogen) atoms. The van der Waals surface area contributed by atoms with Gasteiger partial charge in [-0.2, -0.15) is 0 Å². The van der Waals surface area contributed by atoms with Gasteiger partial charge in [-0.25, -0.2) is 4.98 Å². The molecule has 3 N–H and O–H groups in total. The molecule has 0 radical (unpaired) electrons. The van der Waals surface area contributed by atoms with E-state index in [1.165, 1.54) is 4.88 Å². The Morgan fingerprint density at radius 3 is 2.84 bits per heavy atom. The molecule has 2 heterocycles. The Labute approximate surface area is 130 Å². The molecule has 2 aromatic rings. The van der Waals surface area contributed by atoms with E-state index in [9.17, 15) is 0 Å². The summed E-state index contributed by atoms with van der Waals surface area (Å²) in [4.78, 5) is 6.09. The van der Waals surface area contributed by atoms with Crippen molar-refractivity contribution in [3.05, 3.63) is 43.7 Å². The second kappa shape index (κ2) is 5.98. The molecule has 0 saturated carbocycles. The highest BCUT2D eigenvalue weighted by molar-refractivity contribution is 9.10. The Hall–Kier alpha value is -0.980. The molecule has 0 atom stereocenters. The Morgan fingerprint density at radius 1 is 1.53 bits per heavy atom. The second-order valence-corrected chi connectivity index (χ2v) is 6.51. The van der Waals surface area contributed by atoms with Crippen LogP contribution in [0.1, 0.15) is 21.7 Å². The number of aromatic nitrogens is 1. The van der Waals surface area contributed by atoms with Gasteiger partial charge in [-0.1, -0.05) is 12.2 Å². The lowest BCUT2D eigenvalue weighted by molar-refractivity contribution is 1.09. The van der Waals surface area contributed by atoms with Gasteiger partial charge >= 0.3 is 0 Å². The third-order valence-electron chi connectivity index (χ3n) is 2.70. The van der Waals surface area contributed by atoms with Gasteiger partial charge in [-0.15, -0.1) is 11.3 Å². The molecule has 0 saturated heterocycles. The van der Waals surface area contributed by atoms with Crippen LogP contribution in [0.4, 0.5) is 5.82 Å². The van der Waals surface area contributed by atoms with Crippen LogP contribution >= 0.6 is 39.5 Å². The minimum Gasteiger partial charge on any atom is -0.389 e. The summed E-state index contributed by atoms with van der Waals surface area (Å²) in [6, 6.07) is 4.02. The highest BCUT2D eigenvalue weighted by atomic mass is 79.9. The van der Waals surface area contributed by atoms with Gasteiger partial charge in [0, 0.05) is 15.0 Å². The van der Waals surface area contributed by atoms with E-state index in [4.69, 9.17) is 18.0 Å². The number of hydrogen-bond acceptors (Lipinski definition) is 4. The van der Waals surface area contributed by atoms with Crippen molar-refractivity contribution in [1.82, 2.24) is 4.98 Å². The maximum atomic E-state index is 5.79. The first-order valence-electron chi connectivity index (χ1n) is 5.73. The number of thiophene rings is 1. The van der Waals surface area contributed by atoms with Crippen LogP contribution in [0.25, 0.3) is 0 Å². The van der Waals surface area contributed by atoms with Crippen molar-refractivity contribution in [3.63, 3.8) is 0 Å². The minimum absolute atomic E-state index is 0.373. The van der Waals surface area contributed by atoms with E-state index in [2.05, 4.69) is 26.2 Å². The lowest BCUT2D eigenvalue weighted by Crippen LogP contribution is -2.16. The summed E-state index contributed by atoms with van der Waals surface area (Å²) >= 11 is 10.3. The van der Waals surface area contributed by atoms with Crippen molar-refractivity contribution in [2.75, 3.05) is 5.32 Å². The van der Waals surface area contributed by atoms with Crippen molar-refractivity contribution >= 4 is 50.3 Å². The number of aryl methyl sites for hydroxylation is 2. The molecule has 0 unspecified atom stereocenters. The Morgan fingerprint density at radius 2 is 2.26 bits per heavy atom. The van der Waals surface area contributed by atoms with E-state index in [1.54, 1.807) is 11.3 Å². The Balaban J connectivity index is 2.29. The van der Waals surface area contributed by atoms with Gasteiger partial charge in [0.1, 0.15) is 10.8 Å². The van der Waals surface area contributed by atoms with Gasteiger partial charge in [-0.3, -0.25) is 0 Å². The zero-order valence-electron chi connectivity index (χ0n) is 10.7. The third kappa shape index (κ3) is 3.32. The molecule has 2 rings (SSSR count). The van der Waals surface area contributed by atoms with E-state index < -0.39 is 0 Å². The van der Waals surface area contributed by atoms with Crippen molar-refractivity contribution in [2.45, 2.75) is 20.4 Å². The largest absolute Gasteiger partial charge is 0.389 e. The van der Waals surface area contributed by atoms with Crippen LogP contribution in [0.15, 0.2) is 22.0 Å². The molecule has 0 aliphatic rings. The van der Waals surface area contributed by atoms with Crippen LogP contribution in [-0.2, 0) is 6.54 Å². The fraction of sp³-hybridized carbons (Fsp3) is 0.231. The Kier molecular flexibility index (Phi) is 4.54. The highest BCUT2D eigenvalue weighted by Crippen LogP contribution is 2.25. The Bertz CT molecular complexity index is 622. The normalized spacial score (nSPS) is 10.5. The van der Waals surface area contributed by atoms with Gasteiger partial charge in [0.2, 0.25) is 0 Å². The predicted octanol–water partition coefficient (Wildman–Crippen LogP) is 3.77. The number of hydrogen-bond donors (Lipinski definition) is 2. The van der Waals surface area contributed by atoms with Crippen LogP contribution in [0.3, 0.4) is 0 Å². The summed E-state index contributed by atoms with van der Waals surface area (Å²) in [5.74, 6) is 0.755. The average molecular weight is 356 g/mol. The lowest BCUT2D eigenvalue weighted by atomic mass is 10.1. The molecule has 2 aromatic heterocycles. The fourth-order valence-corrected chi connectivity index (χ4v) is 3.58. The van der Waals surface area contributed by atoms with Crippen molar-refractivity contribution < 1.29 is 0 Å². The minimum atomic E-state index is 0.373. The van der Waals surface area contributed by atoms with Crippen molar-refractivity contribution in [3.8, 4) is 0 Å². The smallest absolute Gasteiger partial charge is 0.137 e. The summed E-state index contributed by atoms with van der Waals surface area (Å²) < 4.78 is 1.10. The van der Waals surface area contributed by atoms with E-state index in [-0.39, 0.29) is 0 Å². The van der Waals surface area contributed by atoms with Crippen LogP contribution in [0.2, 0.25) is 0 Å². The molecular weight excluding hydrogens is 342 g/mol. The summed E-state index contributed by atoms with van der Waals surface area (Å²) in [6.45, 7) is 4.65. The summed E-state index contributed by atoms with van der Waals surface area (Å²) in [6.07, 6.45) is 0. The maximum Gasteiger partial charge on any atom is 0.137 e. The van der Waals surface area contributed by atoms with E-state index >= 15 is 0 Å². The van der Waals surface area contributed by atoms with Crippen LogP contribution in [-0.4, -0.2) is 9.97 Å². The topological polar surface area (TPSA) is 50.9 Å². The number of nitrogens with zero attached hydrogens (tertiary/aromatic N) is 1. The number of nitrogens with two attached hydrogens (primary N) is 1. The monoisotopic (exact) mass is 355 g/mol. The molecule has 0 aliphatic heterocycles. The maximum absolute atomic E-state index is 5.79. The fourth-order valence-electron chi connectivity index (χ4n) is 1.89. The molecule has 6 heteroatoms. The number of pyridine rings is 1. The molecular formula is C13H14BrN3S2. The average Bonchev–Trinajstić information content (AvgIpc) is 2.70. The first kappa shape index (κ1) is 14.4. The van der Waals surface area contributed by atoms with Crippen molar-refractivity contribution in [1.29, 1.82) is 0 Å². The van der Waals surface area contributed by atoms with Crippen LogP contribution in [0.5, 0.6) is 0 Å². The molecule has 100 valence electrons. The van der Waals surface area contributed by atoms with Crippen LogP contribution < -0.4 is 11.1 Å². The van der Waals surface area contributed by atoms with E-state index in [0.717, 1.165) is 27.1 Å².